The zero-order chi connectivity index (χ0) is 13.7. The number of methoxy groups -OCH3 is 1. The Labute approximate surface area is 113 Å². The second kappa shape index (κ2) is 6.84. The first-order valence-electron chi connectivity index (χ1n) is 5.12. The van der Waals surface area contributed by atoms with Gasteiger partial charge in [-0.25, -0.2) is 4.21 Å². The summed E-state index contributed by atoms with van der Waals surface area (Å²) in [5.41, 5.74) is 0.315. The summed E-state index contributed by atoms with van der Waals surface area (Å²) in [6.07, 6.45) is 0. The zero-order valence-electron chi connectivity index (χ0n) is 10.1. The van der Waals surface area contributed by atoms with E-state index in [4.69, 9.17) is 20.9 Å². The molecule has 1 unspecified atom stereocenters. The minimum Gasteiger partial charge on any atom is -0.383 e. The highest BCUT2D eigenvalue weighted by molar-refractivity contribution is 7.79. The van der Waals surface area contributed by atoms with Crippen LogP contribution in [0.15, 0.2) is 23.1 Å². The van der Waals surface area contributed by atoms with Crippen molar-refractivity contribution in [3.63, 3.8) is 0 Å². The number of hydrogen-bond acceptors (Lipinski definition) is 3. The van der Waals surface area contributed by atoms with Gasteiger partial charge in [-0.3, -0.25) is 4.79 Å². The quantitative estimate of drug-likeness (QED) is 0.838. The van der Waals surface area contributed by atoms with Gasteiger partial charge in [-0.15, -0.1) is 0 Å². The molecular weight excluding hydrogens is 278 g/mol. The Morgan fingerprint density at radius 3 is 2.78 bits per heavy atom. The van der Waals surface area contributed by atoms with E-state index >= 15 is 0 Å². The van der Waals surface area contributed by atoms with Crippen molar-refractivity contribution < 1.29 is 18.3 Å². The molecule has 0 heterocycles. The topological polar surface area (TPSA) is 66.8 Å². The lowest BCUT2D eigenvalue weighted by Crippen LogP contribution is -2.30. The van der Waals surface area contributed by atoms with Crippen molar-refractivity contribution >= 4 is 28.6 Å². The van der Waals surface area contributed by atoms with Gasteiger partial charge in [0.15, 0.2) is 11.1 Å². The average Bonchev–Trinajstić information content (AvgIpc) is 2.35. The Bertz CT molecular complexity index is 466. The van der Waals surface area contributed by atoms with Crippen molar-refractivity contribution in [2.45, 2.75) is 4.90 Å². The van der Waals surface area contributed by atoms with Crippen LogP contribution in [-0.2, 0) is 15.8 Å². The van der Waals surface area contributed by atoms with Crippen LogP contribution in [0.4, 0.5) is 0 Å². The zero-order valence-corrected chi connectivity index (χ0v) is 11.6. The summed E-state index contributed by atoms with van der Waals surface area (Å²) < 4.78 is 24.9. The molecule has 0 aromatic heterocycles. The Balaban J connectivity index is 2.93. The van der Waals surface area contributed by atoms with Gasteiger partial charge in [0.05, 0.1) is 16.5 Å². The monoisotopic (exact) mass is 291 g/mol. The minimum atomic E-state index is -2.21. The highest BCUT2D eigenvalue weighted by Gasteiger charge is 2.15. The van der Waals surface area contributed by atoms with Crippen molar-refractivity contribution in [2.24, 2.45) is 0 Å². The maximum atomic E-state index is 12.0. The fraction of sp³-hybridized carbons (Fsp3) is 0.364. The minimum absolute atomic E-state index is 0.0302. The fourth-order valence-corrected chi connectivity index (χ4v) is 2.10. The van der Waals surface area contributed by atoms with Gasteiger partial charge in [-0.05, 0) is 18.2 Å². The molecule has 0 saturated carbocycles. The highest BCUT2D eigenvalue weighted by atomic mass is 35.5. The van der Waals surface area contributed by atoms with E-state index in [1.165, 1.54) is 23.1 Å². The van der Waals surface area contributed by atoms with Crippen LogP contribution in [0, 0.1) is 0 Å². The van der Waals surface area contributed by atoms with Gasteiger partial charge < -0.3 is 14.2 Å². The molecule has 5 nitrogen and oxygen atoms in total. The molecule has 1 aromatic rings. The molecule has 1 N–H and O–H groups in total. The van der Waals surface area contributed by atoms with Gasteiger partial charge >= 0.3 is 0 Å². The number of carbonyl (C=O) groups excluding carboxylic acids is 1. The maximum Gasteiger partial charge on any atom is 0.253 e. The summed E-state index contributed by atoms with van der Waals surface area (Å²) in [5.74, 6) is -0.254. The lowest BCUT2D eigenvalue weighted by atomic mass is 10.2. The highest BCUT2D eigenvalue weighted by Crippen LogP contribution is 2.21. The molecule has 1 amide bonds. The molecule has 0 spiro atoms. The third-order valence-electron chi connectivity index (χ3n) is 2.34. The van der Waals surface area contributed by atoms with Gasteiger partial charge in [0.25, 0.3) is 5.91 Å². The van der Waals surface area contributed by atoms with Crippen molar-refractivity contribution in [1.29, 1.82) is 0 Å². The number of halogens is 1. The molecule has 100 valence electrons. The third kappa shape index (κ3) is 3.78. The van der Waals surface area contributed by atoms with Crippen LogP contribution in [0.2, 0.25) is 5.02 Å². The van der Waals surface area contributed by atoms with E-state index in [-0.39, 0.29) is 15.8 Å². The van der Waals surface area contributed by atoms with E-state index in [0.29, 0.717) is 18.7 Å². The molecule has 0 aliphatic heterocycles. The van der Waals surface area contributed by atoms with Crippen molar-refractivity contribution in [1.82, 2.24) is 4.90 Å². The Morgan fingerprint density at radius 1 is 1.56 bits per heavy atom. The Morgan fingerprint density at radius 2 is 2.22 bits per heavy atom. The Hall–Kier alpha value is -0.950. The number of carbonyl (C=O) groups is 1. The fourth-order valence-electron chi connectivity index (χ4n) is 1.32. The van der Waals surface area contributed by atoms with E-state index in [1.807, 2.05) is 0 Å². The molecule has 0 aliphatic carbocycles. The summed E-state index contributed by atoms with van der Waals surface area (Å²) in [4.78, 5) is 13.5. The van der Waals surface area contributed by atoms with Crippen LogP contribution < -0.4 is 0 Å². The number of rotatable bonds is 5. The smallest absolute Gasteiger partial charge is 0.253 e. The largest absolute Gasteiger partial charge is 0.383 e. The van der Waals surface area contributed by atoms with Crippen molar-refractivity contribution in [2.75, 3.05) is 27.3 Å². The molecule has 0 radical (unpaired) electrons. The molecule has 0 aliphatic rings. The second-order valence-corrected chi connectivity index (χ2v) is 4.96. The second-order valence-electron chi connectivity index (χ2n) is 3.61. The van der Waals surface area contributed by atoms with E-state index in [1.54, 1.807) is 14.2 Å². The lowest BCUT2D eigenvalue weighted by Gasteiger charge is -2.17. The van der Waals surface area contributed by atoms with Crippen LogP contribution in [0.3, 0.4) is 0 Å². The number of benzene rings is 1. The molecule has 0 fully saturated rings. The number of hydrogen-bond donors (Lipinski definition) is 1. The van der Waals surface area contributed by atoms with Crippen LogP contribution >= 0.6 is 11.6 Å². The maximum absolute atomic E-state index is 12.0. The number of nitrogens with zero attached hydrogens (tertiary/aromatic N) is 1. The first-order chi connectivity index (χ1) is 8.47. The SMILES string of the molecule is COCCN(C)C(=O)c1ccc(Cl)c(S(=O)O)c1. The molecule has 18 heavy (non-hydrogen) atoms. The van der Waals surface area contributed by atoms with Gasteiger partial charge in [-0.1, -0.05) is 11.6 Å². The van der Waals surface area contributed by atoms with Crippen molar-refractivity contribution in [3.8, 4) is 0 Å². The molecule has 1 atom stereocenters. The number of likely N-dealkylation sites (N-methyl/N-ethyl adjacent to an activating group) is 1. The number of ether oxygens (including phenoxy) is 1. The molecule has 7 heteroatoms. The first kappa shape index (κ1) is 15.1. The molecule has 0 saturated heterocycles. The van der Waals surface area contributed by atoms with E-state index < -0.39 is 11.1 Å². The summed E-state index contributed by atoms with van der Waals surface area (Å²) in [6.45, 7) is 0.865. The predicted molar refractivity (Wildman–Crippen MR) is 69.3 cm³/mol. The summed E-state index contributed by atoms with van der Waals surface area (Å²) in [5, 5.41) is 0.159. The lowest BCUT2D eigenvalue weighted by molar-refractivity contribution is 0.0744. The average molecular weight is 292 g/mol. The molecule has 0 bridgehead atoms. The van der Waals surface area contributed by atoms with Crippen LogP contribution in [0.5, 0.6) is 0 Å². The van der Waals surface area contributed by atoms with Gasteiger partial charge in [-0.2, -0.15) is 0 Å². The predicted octanol–water partition coefficient (Wildman–Crippen LogP) is 1.64. The number of amides is 1. The molecule has 1 rings (SSSR count). The van der Waals surface area contributed by atoms with E-state index in [9.17, 15) is 9.00 Å². The molecule has 1 aromatic carbocycles. The molecular formula is C11H14ClNO4S. The standard InChI is InChI=1S/C11H14ClNO4S/c1-13(5-6-17-2)11(14)8-3-4-9(12)10(7-8)18(15)16/h3-4,7H,5-6H2,1-2H3,(H,15,16). The van der Waals surface area contributed by atoms with Crippen LogP contribution in [0.1, 0.15) is 10.4 Å². The normalized spacial score (nSPS) is 12.2. The first-order valence-corrected chi connectivity index (χ1v) is 6.60. The third-order valence-corrected chi connectivity index (χ3v) is 3.50. The van der Waals surface area contributed by atoms with Gasteiger partial charge in [0.2, 0.25) is 0 Å². The van der Waals surface area contributed by atoms with Crippen molar-refractivity contribution in [3.05, 3.63) is 28.8 Å². The summed E-state index contributed by atoms with van der Waals surface area (Å²) in [7, 11) is 3.18. The van der Waals surface area contributed by atoms with E-state index in [0.717, 1.165) is 0 Å². The van der Waals surface area contributed by atoms with E-state index in [2.05, 4.69) is 0 Å². The summed E-state index contributed by atoms with van der Waals surface area (Å²) in [6, 6.07) is 4.27. The van der Waals surface area contributed by atoms with Gasteiger partial charge in [0, 0.05) is 26.3 Å². The Kier molecular flexibility index (Phi) is 5.74. The van der Waals surface area contributed by atoms with Gasteiger partial charge in [0.1, 0.15) is 0 Å². The van der Waals surface area contributed by atoms with Crippen LogP contribution in [-0.4, -0.2) is 46.9 Å². The van der Waals surface area contributed by atoms with Crippen LogP contribution in [0.25, 0.3) is 0 Å². The summed E-state index contributed by atoms with van der Waals surface area (Å²) >= 11 is 3.55.